The molecule has 1 aromatic carbocycles. The zero-order chi connectivity index (χ0) is 42.4. The van der Waals surface area contributed by atoms with Crippen molar-refractivity contribution in [1.29, 1.82) is 0 Å². The van der Waals surface area contributed by atoms with E-state index in [0.717, 1.165) is 79.6 Å². The van der Waals surface area contributed by atoms with Gasteiger partial charge in [-0.15, -0.1) is 0 Å². The molecule has 5 heterocycles. The molecule has 0 fully saturated rings. The van der Waals surface area contributed by atoms with Gasteiger partial charge in [-0.2, -0.15) is 0 Å². The van der Waals surface area contributed by atoms with E-state index in [9.17, 15) is 9.59 Å². The average molecular weight is 798 g/mol. The number of methoxy groups -OCH3 is 1. The molecule has 59 heavy (non-hydrogen) atoms. The summed E-state index contributed by atoms with van der Waals surface area (Å²) in [5, 5.41) is 1.62. The number of anilines is 1. The number of rotatable bonds is 13. The number of aromatic amines is 2. The summed E-state index contributed by atoms with van der Waals surface area (Å²) in [6.45, 7) is 14.2. The quantitative estimate of drug-likeness (QED) is 0.0938. The number of nitrogens with zero attached hydrogens (tertiary/aromatic N) is 5. The molecule has 1 unspecified atom stereocenters. The van der Waals surface area contributed by atoms with Crippen LogP contribution in [0.4, 0.5) is 10.6 Å². The minimum absolute atomic E-state index is 0.158. The largest absolute Gasteiger partial charge is 0.496 e. The van der Waals surface area contributed by atoms with Crippen LogP contribution >= 0.6 is 0 Å². The first kappa shape index (κ1) is 41.9. The first-order chi connectivity index (χ1) is 28.2. The molecule has 0 saturated heterocycles. The predicted octanol–water partition coefficient (Wildman–Crippen LogP) is 5.14. The van der Waals surface area contributed by atoms with Crippen LogP contribution in [-0.4, -0.2) is 76.3 Å². The number of ether oxygens (including phenoxy) is 2. The second-order valence-electron chi connectivity index (χ2n) is 15.3. The summed E-state index contributed by atoms with van der Waals surface area (Å²) in [7, 11) is 5.35. The molecule has 1 amide bonds. The van der Waals surface area contributed by atoms with Crippen molar-refractivity contribution in [1.82, 2.24) is 29.3 Å². The Bertz CT molecular complexity index is 2660. The Morgan fingerprint density at radius 1 is 1.10 bits per heavy atom. The van der Waals surface area contributed by atoms with E-state index < -0.39 is 6.09 Å². The molecule has 0 aliphatic carbocycles. The number of nitrogens with two attached hydrogens (primary N) is 2. The van der Waals surface area contributed by atoms with E-state index >= 15 is 0 Å². The lowest BCUT2D eigenvalue weighted by atomic mass is 9.95. The molecule has 0 radical (unpaired) electrons. The van der Waals surface area contributed by atoms with Crippen molar-refractivity contribution in [2.24, 2.45) is 16.6 Å². The number of nitrogens with one attached hydrogen (secondary N) is 2. The molecule has 0 saturated carbocycles. The fourth-order valence-corrected chi connectivity index (χ4v) is 7.34. The maximum Gasteiger partial charge on any atom is 0.409 e. The highest BCUT2D eigenvalue weighted by Gasteiger charge is 2.18. The number of aromatic nitrogens is 4. The van der Waals surface area contributed by atoms with Gasteiger partial charge in [0.25, 0.3) is 5.56 Å². The topological polar surface area (TPSA) is 173 Å². The zero-order valence-electron chi connectivity index (χ0n) is 35.2. The van der Waals surface area contributed by atoms with Crippen LogP contribution in [-0.2, 0) is 24.1 Å². The summed E-state index contributed by atoms with van der Waals surface area (Å²) < 4.78 is 13.3. The Labute approximate surface area is 345 Å². The lowest BCUT2D eigenvalue weighted by molar-refractivity contribution is 0.111. The van der Waals surface area contributed by atoms with E-state index in [1.54, 1.807) is 25.1 Å². The third-order valence-corrected chi connectivity index (χ3v) is 11.1. The number of pyridine rings is 2. The number of benzene rings is 1. The van der Waals surface area contributed by atoms with Gasteiger partial charge in [0.05, 0.1) is 35.8 Å². The van der Waals surface area contributed by atoms with E-state index in [0.29, 0.717) is 49.5 Å². The number of carbonyl (C=O) groups is 1. The zero-order valence-corrected chi connectivity index (χ0v) is 35.2. The lowest BCUT2D eigenvalue weighted by Gasteiger charge is -2.25. The highest BCUT2D eigenvalue weighted by molar-refractivity contribution is 5.84. The van der Waals surface area contributed by atoms with E-state index in [-0.39, 0.29) is 18.1 Å². The highest BCUT2D eigenvalue weighted by atomic mass is 16.6. The Balaban J connectivity index is 1.02. The number of aryl methyl sites for hydroxylation is 3. The normalized spacial score (nSPS) is 13.6. The second kappa shape index (κ2) is 18.3. The third kappa shape index (κ3) is 9.55. The van der Waals surface area contributed by atoms with Crippen LogP contribution in [0.3, 0.4) is 0 Å². The van der Waals surface area contributed by atoms with E-state index in [4.69, 9.17) is 30.9 Å². The fraction of sp³-hybridized carbons (Fsp3) is 0.348. The van der Waals surface area contributed by atoms with Crippen molar-refractivity contribution in [2.45, 2.75) is 59.9 Å². The van der Waals surface area contributed by atoms with E-state index in [2.05, 4.69) is 58.9 Å². The summed E-state index contributed by atoms with van der Waals surface area (Å²) in [5.74, 6) is 8.44. The van der Waals surface area contributed by atoms with Crippen LogP contribution < -0.4 is 32.5 Å². The van der Waals surface area contributed by atoms with Gasteiger partial charge >= 0.3 is 6.09 Å². The van der Waals surface area contributed by atoms with Crippen LogP contribution in [0, 0.1) is 31.6 Å². The molecule has 1 aliphatic heterocycles. The number of carbonyl (C=O) groups excluding carboxylic acids is 1. The predicted molar refractivity (Wildman–Crippen MR) is 234 cm³/mol. The minimum Gasteiger partial charge on any atom is -0.496 e. The van der Waals surface area contributed by atoms with Gasteiger partial charge in [0.1, 0.15) is 29.5 Å². The van der Waals surface area contributed by atoms with Gasteiger partial charge in [0.2, 0.25) is 0 Å². The number of allylic oxidation sites excluding steroid dienone is 1. The van der Waals surface area contributed by atoms with Gasteiger partial charge in [-0.1, -0.05) is 55.2 Å². The number of amides is 1. The lowest BCUT2D eigenvalue weighted by Crippen LogP contribution is -2.35. The van der Waals surface area contributed by atoms with Crippen molar-refractivity contribution in [3.05, 3.63) is 128 Å². The minimum atomic E-state index is -0.414. The molecular weight excluding hydrogens is 743 g/mol. The van der Waals surface area contributed by atoms with Crippen LogP contribution in [0.1, 0.15) is 65.8 Å². The summed E-state index contributed by atoms with van der Waals surface area (Å²) >= 11 is 0. The molecule has 1 atom stereocenters. The number of H-pyrrole nitrogens is 2. The number of fused-ring (bicyclic) bond motifs is 2. The molecule has 6 N–H and O–H groups in total. The molecule has 6 rings (SSSR count). The first-order valence-electron chi connectivity index (χ1n) is 19.8. The van der Waals surface area contributed by atoms with Crippen molar-refractivity contribution in [3.8, 4) is 17.6 Å². The van der Waals surface area contributed by atoms with E-state index in [1.165, 1.54) is 5.57 Å². The summed E-state index contributed by atoms with van der Waals surface area (Å²) in [6.07, 6.45) is 9.90. The summed E-state index contributed by atoms with van der Waals surface area (Å²) in [4.78, 5) is 44.3. The number of nitrogen functional groups attached to an aromatic ring is 1. The Morgan fingerprint density at radius 2 is 1.85 bits per heavy atom. The van der Waals surface area contributed by atoms with Crippen LogP contribution in [0.2, 0.25) is 0 Å². The SMILES string of the molecule is C=C(c1ccc(CCc2c[nH]c3cc(N)[nH]c(=O)c23)cc1)N(C)CCN(C)C(=O)OCCC#Cc1cn(Cc2ncc(C)c(OC)c2C)c2c1=C(C)C(C)CC=C(N)N=2. The van der Waals surface area contributed by atoms with Crippen molar-refractivity contribution in [3.63, 3.8) is 0 Å². The van der Waals surface area contributed by atoms with Crippen LogP contribution in [0.25, 0.3) is 22.2 Å². The maximum absolute atomic E-state index is 12.9. The molecular formula is C46H55N9O4. The van der Waals surface area contributed by atoms with Crippen molar-refractivity contribution >= 4 is 34.1 Å². The first-order valence-corrected chi connectivity index (χ1v) is 19.8. The number of hydrogen-bond donors (Lipinski definition) is 4. The standard InChI is InChI=1S/C46H55N9O4/c1-28-12-19-39(47)51-44-41(30(28)3)36(26-55(44)27-38-31(4)43(58-8)29(2)24-49-38)11-9-10-22-59-46(57)54(7)21-20-53(6)32(5)34-16-13-33(14-17-34)15-18-35-25-50-37-23-40(48)52-45(56)42(35)37/h13-14,16-17,19,23-26,28,50H,5,10,12,15,18,20-22,27,47H2,1-4,6-8H3,(H3,48,52,56). The maximum atomic E-state index is 12.9. The molecule has 0 bridgehead atoms. The molecule has 0 spiro atoms. The molecule has 13 nitrogen and oxygen atoms in total. The molecule has 308 valence electrons. The van der Waals surface area contributed by atoms with Crippen LogP contribution in [0.5, 0.6) is 5.75 Å². The summed E-state index contributed by atoms with van der Waals surface area (Å²) in [5.41, 5.74) is 22.2. The van der Waals surface area contributed by atoms with Gasteiger partial charge in [-0.25, -0.2) is 9.79 Å². The Kier molecular flexibility index (Phi) is 13.0. The van der Waals surface area contributed by atoms with Gasteiger partial charge in [-0.05, 0) is 68.7 Å². The smallest absolute Gasteiger partial charge is 0.409 e. The monoisotopic (exact) mass is 797 g/mol. The molecule has 5 aromatic rings. The fourth-order valence-electron chi connectivity index (χ4n) is 7.34. The van der Waals surface area contributed by atoms with Gasteiger partial charge in [0.15, 0.2) is 0 Å². The Hall–Kier alpha value is -6.68. The summed E-state index contributed by atoms with van der Waals surface area (Å²) in [6, 6.07) is 9.98. The van der Waals surface area contributed by atoms with Crippen molar-refractivity contribution in [2.75, 3.05) is 46.6 Å². The molecule has 4 aromatic heterocycles. The number of hydrogen-bond acceptors (Lipinski definition) is 9. The highest BCUT2D eigenvalue weighted by Crippen LogP contribution is 2.25. The Morgan fingerprint density at radius 3 is 2.59 bits per heavy atom. The molecule has 13 heteroatoms. The van der Waals surface area contributed by atoms with Crippen LogP contribution in [0.15, 0.2) is 77.2 Å². The average Bonchev–Trinajstić information content (AvgIpc) is 3.78. The second-order valence-corrected chi connectivity index (χ2v) is 15.3. The van der Waals surface area contributed by atoms with E-state index in [1.807, 2.05) is 62.6 Å². The van der Waals surface area contributed by atoms with Gasteiger partial charge < -0.3 is 45.3 Å². The molecule has 1 aliphatic rings. The van der Waals surface area contributed by atoms with Crippen molar-refractivity contribution < 1.29 is 14.3 Å². The van der Waals surface area contributed by atoms with Gasteiger partial charge in [0, 0.05) is 80.3 Å². The number of likely N-dealkylation sites (N-methyl/N-ethyl adjacent to an activating group) is 2. The third-order valence-electron chi connectivity index (χ3n) is 11.1. The van der Waals surface area contributed by atoms with Gasteiger partial charge in [-0.3, -0.25) is 9.78 Å².